The zero-order valence-electron chi connectivity index (χ0n) is 10.3. The van der Waals surface area contributed by atoms with Gasteiger partial charge in [-0.25, -0.2) is 0 Å². The molecule has 2 nitrogen and oxygen atoms in total. The van der Waals surface area contributed by atoms with Crippen molar-refractivity contribution in [1.29, 1.82) is 0 Å². The number of carbonyl (C=O) groups is 2. The van der Waals surface area contributed by atoms with Crippen LogP contribution in [0.4, 0.5) is 0 Å². The van der Waals surface area contributed by atoms with Gasteiger partial charge < -0.3 is 0 Å². The third kappa shape index (κ3) is 3.80. The summed E-state index contributed by atoms with van der Waals surface area (Å²) in [5.74, 6) is -0.493. The molecule has 0 atom stereocenters. The van der Waals surface area contributed by atoms with E-state index >= 15 is 0 Å². The molecule has 0 aliphatic rings. The van der Waals surface area contributed by atoms with Crippen LogP contribution in [0.5, 0.6) is 0 Å². The topological polar surface area (TPSA) is 34.1 Å². The molecule has 0 radical (unpaired) electrons. The highest BCUT2D eigenvalue weighted by Crippen LogP contribution is 2.12. The van der Waals surface area contributed by atoms with Crippen molar-refractivity contribution in [2.45, 2.75) is 0 Å². The summed E-state index contributed by atoms with van der Waals surface area (Å²) in [5, 5.41) is 1.12. The number of allylic oxidation sites excluding steroid dienone is 2. The van der Waals surface area contributed by atoms with Crippen LogP contribution in [0, 0.1) is 0 Å². The quantitative estimate of drug-likeness (QED) is 0.610. The minimum absolute atomic E-state index is 0.246. The SMILES string of the molecule is O=C(/C=C\C(=O)c1ccc(Cl)cc1)c1ccc(Cl)cc1. The van der Waals surface area contributed by atoms with E-state index in [2.05, 4.69) is 0 Å². The largest absolute Gasteiger partial charge is 0.289 e. The van der Waals surface area contributed by atoms with E-state index < -0.39 is 0 Å². The first-order valence-corrected chi connectivity index (χ1v) is 6.60. The van der Waals surface area contributed by atoms with E-state index in [9.17, 15) is 9.59 Å². The van der Waals surface area contributed by atoms with Crippen molar-refractivity contribution in [2.75, 3.05) is 0 Å². The van der Waals surface area contributed by atoms with Crippen LogP contribution in [0.1, 0.15) is 20.7 Å². The Kier molecular flexibility index (Phi) is 4.72. The van der Waals surface area contributed by atoms with Crippen molar-refractivity contribution in [3.8, 4) is 0 Å². The maximum atomic E-state index is 11.8. The van der Waals surface area contributed by atoms with Crippen LogP contribution in [0.15, 0.2) is 60.7 Å². The third-order valence-electron chi connectivity index (χ3n) is 2.64. The highest BCUT2D eigenvalue weighted by atomic mass is 35.5. The Morgan fingerprint density at radius 2 is 0.950 bits per heavy atom. The van der Waals surface area contributed by atoms with Crippen molar-refractivity contribution in [3.63, 3.8) is 0 Å². The maximum absolute atomic E-state index is 11.8. The summed E-state index contributed by atoms with van der Waals surface area (Å²) < 4.78 is 0. The molecule has 0 saturated carbocycles. The molecule has 4 heteroatoms. The van der Waals surface area contributed by atoms with Crippen molar-refractivity contribution in [3.05, 3.63) is 81.9 Å². The first-order valence-electron chi connectivity index (χ1n) is 5.84. The van der Waals surface area contributed by atoms with Crippen LogP contribution >= 0.6 is 23.2 Å². The summed E-state index contributed by atoms with van der Waals surface area (Å²) in [5.41, 5.74) is 0.962. The molecule has 0 aliphatic carbocycles. The van der Waals surface area contributed by atoms with Crippen molar-refractivity contribution in [1.82, 2.24) is 0 Å². The Hall–Kier alpha value is -1.90. The zero-order valence-corrected chi connectivity index (χ0v) is 11.9. The second-order valence-corrected chi connectivity index (χ2v) is 4.95. The molecule has 2 aromatic carbocycles. The highest BCUT2D eigenvalue weighted by Gasteiger charge is 2.04. The van der Waals surface area contributed by atoms with Crippen LogP contribution in [0.3, 0.4) is 0 Å². The minimum Gasteiger partial charge on any atom is -0.289 e. The molecular weight excluding hydrogens is 295 g/mol. The number of halogens is 2. The van der Waals surface area contributed by atoms with Gasteiger partial charge in [-0.05, 0) is 60.7 Å². The molecule has 2 aromatic rings. The van der Waals surface area contributed by atoms with Gasteiger partial charge in [-0.2, -0.15) is 0 Å². The first-order chi connectivity index (χ1) is 9.56. The number of carbonyl (C=O) groups excluding carboxylic acids is 2. The van der Waals surface area contributed by atoms with E-state index in [-0.39, 0.29) is 11.6 Å². The fourth-order valence-electron chi connectivity index (χ4n) is 1.57. The molecule has 0 bridgehead atoms. The second-order valence-electron chi connectivity index (χ2n) is 4.08. The average Bonchev–Trinajstić information content (AvgIpc) is 2.46. The molecule has 0 spiro atoms. The normalized spacial score (nSPS) is 10.7. The molecule has 100 valence electrons. The Bertz CT molecular complexity index is 596. The highest BCUT2D eigenvalue weighted by molar-refractivity contribution is 6.31. The number of hydrogen-bond donors (Lipinski definition) is 0. The fourth-order valence-corrected chi connectivity index (χ4v) is 1.82. The zero-order chi connectivity index (χ0) is 14.5. The third-order valence-corrected chi connectivity index (χ3v) is 3.15. The van der Waals surface area contributed by atoms with Gasteiger partial charge >= 0.3 is 0 Å². The van der Waals surface area contributed by atoms with Gasteiger partial charge in [0.1, 0.15) is 0 Å². The fraction of sp³-hybridized carbons (Fsp3) is 0. The van der Waals surface area contributed by atoms with Crippen molar-refractivity contribution >= 4 is 34.8 Å². The lowest BCUT2D eigenvalue weighted by atomic mass is 10.1. The van der Waals surface area contributed by atoms with E-state index in [1.54, 1.807) is 48.5 Å². The molecule has 0 aliphatic heterocycles. The molecule has 20 heavy (non-hydrogen) atoms. The van der Waals surface area contributed by atoms with Gasteiger partial charge in [0.05, 0.1) is 0 Å². The van der Waals surface area contributed by atoms with Gasteiger partial charge in [0.2, 0.25) is 0 Å². The van der Waals surface area contributed by atoms with Crippen molar-refractivity contribution in [2.24, 2.45) is 0 Å². The van der Waals surface area contributed by atoms with Crippen molar-refractivity contribution < 1.29 is 9.59 Å². The molecule has 0 amide bonds. The van der Waals surface area contributed by atoms with E-state index in [0.717, 1.165) is 0 Å². The molecule has 0 heterocycles. The summed E-state index contributed by atoms with van der Waals surface area (Å²) in [4.78, 5) is 23.7. The van der Waals surface area contributed by atoms with Gasteiger partial charge in [0.25, 0.3) is 0 Å². The lowest BCUT2D eigenvalue weighted by Crippen LogP contribution is -1.98. The Morgan fingerprint density at radius 1 is 0.650 bits per heavy atom. The monoisotopic (exact) mass is 304 g/mol. The Balaban J connectivity index is 2.09. The minimum atomic E-state index is -0.246. The van der Waals surface area contributed by atoms with Crippen LogP contribution in [0.2, 0.25) is 10.0 Å². The molecule has 0 saturated heterocycles. The van der Waals surface area contributed by atoms with E-state index in [1.807, 2.05) is 0 Å². The molecular formula is C16H10Cl2O2. The van der Waals surface area contributed by atoms with Gasteiger partial charge in [-0.3, -0.25) is 9.59 Å². The molecule has 2 rings (SSSR count). The second kappa shape index (κ2) is 6.51. The Morgan fingerprint density at radius 3 is 1.25 bits per heavy atom. The van der Waals surface area contributed by atoms with Gasteiger partial charge in [0, 0.05) is 21.2 Å². The predicted octanol–water partition coefficient (Wildman–Crippen LogP) is 4.62. The molecule has 0 fully saturated rings. The van der Waals surface area contributed by atoms with Gasteiger partial charge in [0.15, 0.2) is 11.6 Å². The maximum Gasteiger partial charge on any atom is 0.185 e. The van der Waals surface area contributed by atoms with E-state index in [1.165, 1.54) is 12.2 Å². The van der Waals surface area contributed by atoms with E-state index in [4.69, 9.17) is 23.2 Å². The molecule has 0 N–H and O–H groups in total. The van der Waals surface area contributed by atoms with Crippen LogP contribution in [-0.4, -0.2) is 11.6 Å². The van der Waals surface area contributed by atoms with E-state index in [0.29, 0.717) is 21.2 Å². The number of benzene rings is 2. The lowest BCUT2D eigenvalue weighted by Gasteiger charge is -1.97. The molecule has 0 aromatic heterocycles. The smallest absolute Gasteiger partial charge is 0.185 e. The Labute approximate surface area is 126 Å². The predicted molar refractivity (Wildman–Crippen MR) is 80.7 cm³/mol. The van der Waals surface area contributed by atoms with Gasteiger partial charge in [-0.15, -0.1) is 0 Å². The standard InChI is InChI=1S/C16H10Cl2O2/c17-13-5-1-11(2-6-13)15(19)9-10-16(20)12-3-7-14(18)8-4-12/h1-10H/b10-9-. The van der Waals surface area contributed by atoms with Gasteiger partial charge in [-0.1, -0.05) is 23.2 Å². The lowest BCUT2D eigenvalue weighted by molar-refractivity contribution is 0.102. The number of rotatable bonds is 4. The number of hydrogen-bond acceptors (Lipinski definition) is 2. The summed E-state index contributed by atoms with van der Waals surface area (Å²) in [6, 6.07) is 13.0. The van der Waals surface area contributed by atoms with Crippen LogP contribution < -0.4 is 0 Å². The number of ketones is 2. The summed E-state index contributed by atoms with van der Waals surface area (Å²) >= 11 is 11.5. The average molecular weight is 305 g/mol. The summed E-state index contributed by atoms with van der Waals surface area (Å²) in [7, 11) is 0. The summed E-state index contributed by atoms with van der Waals surface area (Å²) in [6.45, 7) is 0. The van der Waals surface area contributed by atoms with Crippen LogP contribution in [0.25, 0.3) is 0 Å². The summed E-state index contributed by atoms with van der Waals surface area (Å²) in [6.07, 6.45) is 2.50. The first kappa shape index (κ1) is 14.5. The molecule has 0 unspecified atom stereocenters. The van der Waals surface area contributed by atoms with Crippen LogP contribution in [-0.2, 0) is 0 Å².